The van der Waals surface area contributed by atoms with Crippen molar-refractivity contribution in [2.24, 2.45) is 0 Å². The minimum atomic E-state index is -0.156. The van der Waals surface area contributed by atoms with E-state index in [9.17, 15) is 9.59 Å². The predicted molar refractivity (Wildman–Crippen MR) is 121 cm³/mol. The number of aromatic nitrogens is 2. The van der Waals surface area contributed by atoms with Gasteiger partial charge in [0.15, 0.2) is 16.3 Å². The average molecular weight is 460 g/mol. The number of fused-ring (bicyclic) bond motifs is 2. The quantitative estimate of drug-likeness (QED) is 0.387. The number of nitrogens with one attached hydrogen (secondary N) is 2. The summed E-state index contributed by atoms with van der Waals surface area (Å²) in [5, 5.41) is 4.06. The Labute approximate surface area is 188 Å². The number of rotatable bonds is 8. The van der Waals surface area contributed by atoms with Crippen molar-refractivity contribution in [1.82, 2.24) is 14.9 Å². The summed E-state index contributed by atoms with van der Waals surface area (Å²) in [6.07, 6.45) is 2.72. The molecule has 7 nitrogen and oxygen atoms in total. The van der Waals surface area contributed by atoms with Gasteiger partial charge in [-0.05, 0) is 48.8 Å². The van der Waals surface area contributed by atoms with E-state index >= 15 is 0 Å². The monoisotopic (exact) mass is 459 g/mol. The number of carbonyl (C=O) groups excluding carboxylic acids is 1. The Morgan fingerprint density at radius 1 is 1.16 bits per heavy atom. The fourth-order valence-corrected chi connectivity index (χ4v) is 4.01. The maximum absolute atomic E-state index is 12.9. The molecule has 31 heavy (non-hydrogen) atoms. The molecule has 0 atom stereocenters. The van der Waals surface area contributed by atoms with Crippen LogP contribution in [0.15, 0.2) is 41.2 Å². The van der Waals surface area contributed by atoms with E-state index in [-0.39, 0.29) is 18.3 Å². The highest BCUT2D eigenvalue weighted by Gasteiger charge is 2.17. The van der Waals surface area contributed by atoms with E-state index in [1.165, 1.54) is 0 Å². The zero-order valence-corrected chi connectivity index (χ0v) is 18.4. The second kappa shape index (κ2) is 9.53. The molecule has 0 fully saturated rings. The number of amides is 1. The summed E-state index contributed by atoms with van der Waals surface area (Å²) in [6.45, 7) is 1.09. The first-order chi connectivity index (χ1) is 15.0. The van der Waals surface area contributed by atoms with E-state index in [1.54, 1.807) is 22.8 Å². The Bertz CT molecular complexity index is 1240. The maximum Gasteiger partial charge on any atom is 0.262 e. The van der Waals surface area contributed by atoms with Crippen LogP contribution in [0, 0.1) is 4.77 Å². The Morgan fingerprint density at radius 3 is 2.77 bits per heavy atom. The smallest absolute Gasteiger partial charge is 0.262 e. The van der Waals surface area contributed by atoms with Crippen LogP contribution in [0.1, 0.15) is 31.2 Å². The molecule has 0 saturated heterocycles. The fourth-order valence-electron chi connectivity index (χ4n) is 3.51. The Morgan fingerprint density at radius 2 is 1.97 bits per heavy atom. The first-order valence-corrected chi connectivity index (χ1v) is 10.9. The van der Waals surface area contributed by atoms with Crippen molar-refractivity contribution < 1.29 is 14.3 Å². The second-order valence-corrected chi connectivity index (χ2v) is 8.18. The van der Waals surface area contributed by atoms with Crippen LogP contribution in [0.2, 0.25) is 5.02 Å². The normalized spacial score (nSPS) is 12.3. The molecule has 1 aliphatic rings. The molecule has 0 spiro atoms. The zero-order chi connectivity index (χ0) is 21.8. The third kappa shape index (κ3) is 5.08. The van der Waals surface area contributed by atoms with Crippen molar-refractivity contribution in [3.63, 3.8) is 0 Å². The predicted octanol–water partition coefficient (Wildman–Crippen LogP) is 4.32. The van der Waals surface area contributed by atoms with Gasteiger partial charge in [0, 0.05) is 30.6 Å². The minimum Gasteiger partial charge on any atom is -0.454 e. The molecule has 0 bridgehead atoms. The molecule has 9 heteroatoms. The molecule has 0 saturated carbocycles. The van der Waals surface area contributed by atoms with Gasteiger partial charge in [0.1, 0.15) is 0 Å². The summed E-state index contributed by atoms with van der Waals surface area (Å²) in [4.78, 5) is 28.0. The van der Waals surface area contributed by atoms with Crippen molar-refractivity contribution in [2.45, 2.75) is 38.8 Å². The first kappa shape index (κ1) is 21.4. The second-order valence-electron chi connectivity index (χ2n) is 7.36. The molecular formula is C22H22ClN3O4S. The van der Waals surface area contributed by atoms with E-state index in [1.807, 2.05) is 18.2 Å². The summed E-state index contributed by atoms with van der Waals surface area (Å²) in [6, 6.07) is 10.8. The maximum atomic E-state index is 12.9. The number of hydrogen-bond acceptors (Lipinski definition) is 5. The largest absolute Gasteiger partial charge is 0.454 e. The van der Waals surface area contributed by atoms with Gasteiger partial charge in [-0.25, -0.2) is 0 Å². The number of ether oxygens (including phenoxy) is 2. The molecule has 2 aromatic carbocycles. The van der Waals surface area contributed by atoms with Crippen LogP contribution in [0.4, 0.5) is 0 Å². The molecular weight excluding hydrogens is 438 g/mol. The van der Waals surface area contributed by atoms with Crippen molar-refractivity contribution >= 4 is 40.6 Å². The number of aromatic amines is 1. The number of hydrogen-bond donors (Lipinski definition) is 2. The van der Waals surface area contributed by atoms with E-state index in [2.05, 4.69) is 10.3 Å². The van der Waals surface area contributed by atoms with Gasteiger partial charge in [-0.2, -0.15) is 0 Å². The standard InChI is InChI=1S/C22H22ClN3O4S/c23-15-6-4-5-14(9-15)12-24-20(27)7-2-1-3-8-26-21(28)16-10-18-19(30-13-29-18)11-17(16)25-22(26)31/h4-6,9-11H,1-3,7-8,12-13H2,(H,24,27)(H,25,31). The van der Waals surface area contributed by atoms with E-state index in [0.717, 1.165) is 24.8 Å². The van der Waals surface area contributed by atoms with Gasteiger partial charge in [-0.1, -0.05) is 30.2 Å². The average Bonchev–Trinajstić information content (AvgIpc) is 3.20. The molecule has 2 heterocycles. The summed E-state index contributed by atoms with van der Waals surface area (Å²) < 4.78 is 12.6. The summed E-state index contributed by atoms with van der Waals surface area (Å²) in [7, 11) is 0. The van der Waals surface area contributed by atoms with Crippen LogP contribution in [-0.2, 0) is 17.9 Å². The number of H-pyrrole nitrogens is 1. The van der Waals surface area contributed by atoms with Gasteiger partial charge in [0.2, 0.25) is 12.7 Å². The lowest BCUT2D eigenvalue weighted by Crippen LogP contribution is -2.23. The van der Waals surface area contributed by atoms with Gasteiger partial charge in [-0.15, -0.1) is 0 Å². The van der Waals surface area contributed by atoms with E-state index < -0.39 is 0 Å². The third-order valence-electron chi connectivity index (χ3n) is 5.14. The van der Waals surface area contributed by atoms with E-state index in [4.69, 9.17) is 33.3 Å². The van der Waals surface area contributed by atoms with Crippen LogP contribution in [0.3, 0.4) is 0 Å². The highest BCUT2D eigenvalue weighted by atomic mass is 35.5. The Kier molecular flexibility index (Phi) is 6.58. The third-order valence-corrected chi connectivity index (χ3v) is 5.70. The van der Waals surface area contributed by atoms with Gasteiger partial charge >= 0.3 is 0 Å². The highest BCUT2D eigenvalue weighted by molar-refractivity contribution is 7.71. The van der Waals surface area contributed by atoms with Crippen molar-refractivity contribution in [2.75, 3.05) is 6.79 Å². The molecule has 0 aliphatic carbocycles. The molecule has 4 rings (SSSR count). The first-order valence-electron chi connectivity index (χ1n) is 10.1. The molecule has 3 aromatic rings. The lowest BCUT2D eigenvalue weighted by atomic mass is 10.1. The molecule has 1 aromatic heterocycles. The molecule has 162 valence electrons. The SMILES string of the molecule is O=C(CCCCCn1c(=S)[nH]c2cc3c(cc2c1=O)OCO3)NCc1cccc(Cl)c1. The number of carbonyl (C=O) groups is 1. The lowest BCUT2D eigenvalue weighted by molar-refractivity contribution is -0.121. The summed E-state index contributed by atoms with van der Waals surface area (Å²) in [5.41, 5.74) is 1.44. The van der Waals surface area contributed by atoms with Crippen LogP contribution < -0.4 is 20.3 Å². The van der Waals surface area contributed by atoms with Gasteiger partial charge < -0.3 is 19.8 Å². The minimum absolute atomic E-state index is 0.00351. The zero-order valence-electron chi connectivity index (χ0n) is 16.8. The fraction of sp³-hybridized carbons (Fsp3) is 0.318. The number of halogens is 1. The molecule has 2 N–H and O–H groups in total. The van der Waals surface area contributed by atoms with Gasteiger partial charge in [-0.3, -0.25) is 14.2 Å². The number of nitrogens with zero attached hydrogens (tertiary/aromatic N) is 1. The molecule has 0 radical (unpaired) electrons. The molecule has 0 unspecified atom stereocenters. The number of benzene rings is 2. The summed E-state index contributed by atoms with van der Waals surface area (Å²) in [5.74, 6) is 1.16. The van der Waals surface area contributed by atoms with Crippen molar-refractivity contribution in [1.29, 1.82) is 0 Å². The highest BCUT2D eigenvalue weighted by Crippen LogP contribution is 2.34. The van der Waals surface area contributed by atoms with Crippen LogP contribution in [-0.4, -0.2) is 22.3 Å². The summed E-state index contributed by atoms with van der Waals surface area (Å²) >= 11 is 11.3. The molecule has 1 aliphatic heterocycles. The Balaban J connectivity index is 1.28. The van der Waals surface area contributed by atoms with Crippen LogP contribution in [0.25, 0.3) is 10.9 Å². The van der Waals surface area contributed by atoms with Crippen molar-refractivity contribution in [3.05, 3.63) is 62.1 Å². The van der Waals surface area contributed by atoms with Crippen molar-refractivity contribution in [3.8, 4) is 11.5 Å². The van der Waals surface area contributed by atoms with Crippen LogP contribution >= 0.6 is 23.8 Å². The topological polar surface area (TPSA) is 85.4 Å². The lowest BCUT2D eigenvalue weighted by Gasteiger charge is -2.09. The molecule has 1 amide bonds. The van der Waals surface area contributed by atoms with Gasteiger partial charge in [0.25, 0.3) is 5.56 Å². The van der Waals surface area contributed by atoms with Gasteiger partial charge in [0.05, 0.1) is 10.9 Å². The van der Waals surface area contributed by atoms with E-state index in [0.29, 0.717) is 51.7 Å². The van der Waals surface area contributed by atoms with Crippen LogP contribution in [0.5, 0.6) is 11.5 Å². The number of unbranched alkanes of at least 4 members (excludes halogenated alkanes) is 2. The Hall–Kier alpha value is -2.84.